The lowest BCUT2D eigenvalue weighted by Gasteiger charge is -2.08. The van der Waals surface area contributed by atoms with Crippen molar-refractivity contribution in [2.24, 2.45) is 0 Å². The number of halogens is 2. The Bertz CT molecular complexity index is 382. The van der Waals surface area contributed by atoms with Crippen LogP contribution in [-0.4, -0.2) is 17.6 Å². The molecule has 0 aliphatic heterocycles. The van der Waals surface area contributed by atoms with Gasteiger partial charge in [-0.1, -0.05) is 11.6 Å². The second-order valence-corrected chi connectivity index (χ2v) is 3.56. The zero-order chi connectivity index (χ0) is 11.4. The van der Waals surface area contributed by atoms with E-state index in [1.165, 1.54) is 12.1 Å². The quantitative estimate of drug-likeness (QED) is 0.838. The highest BCUT2D eigenvalue weighted by atomic mass is 35.5. The summed E-state index contributed by atoms with van der Waals surface area (Å²) in [5.41, 5.74) is 0.879. The van der Waals surface area contributed by atoms with E-state index >= 15 is 0 Å². The number of anilines is 1. The summed E-state index contributed by atoms with van der Waals surface area (Å²) in [6.45, 7) is 1.83. The molecule has 0 fully saturated rings. The lowest BCUT2D eigenvalue weighted by atomic mass is 10.2. The summed E-state index contributed by atoms with van der Waals surface area (Å²) < 4.78 is 13.1. The van der Waals surface area contributed by atoms with Gasteiger partial charge in [0.15, 0.2) is 0 Å². The van der Waals surface area contributed by atoms with E-state index in [0.717, 1.165) is 0 Å². The molecule has 0 bridgehead atoms. The zero-order valence-electron chi connectivity index (χ0n) is 8.18. The van der Waals surface area contributed by atoms with Crippen LogP contribution in [0.1, 0.15) is 12.0 Å². The number of aryl methyl sites for hydroxylation is 1. The van der Waals surface area contributed by atoms with Crippen molar-refractivity contribution < 1.29 is 14.3 Å². The number of nitrogens with one attached hydrogen (secondary N) is 1. The van der Waals surface area contributed by atoms with E-state index in [4.69, 9.17) is 16.7 Å². The van der Waals surface area contributed by atoms with Crippen molar-refractivity contribution in [3.05, 3.63) is 28.5 Å². The number of hydrogen-bond acceptors (Lipinski definition) is 2. The summed E-state index contributed by atoms with van der Waals surface area (Å²) in [4.78, 5) is 10.2. The van der Waals surface area contributed by atoms with E-state index in [2.05, 4.69) is 5.32 Å². The van der Waals surface area contributed by atoms with Gasteiger partial charge in [-0.3, -0.25) is 4.79 Å². The molecule has 82 valence electrons. The van der Waals surface area contributed by atoms with Crippen LogP contribution >= 0.6 is 11.6 Å². The van der Waals surface area contributed by atoms with Crippen LogP contribution in [0.2, 0.25) is 5.02 Å². The molecule has 0 aliphatic carbocycles. The number of aliphatic carboxylic acids is 1. The fourth-order valence-corrected chi connectivity index (χ4v) is 1.37. The average molecular weight is 232 g/mol. The highest BCUT2D eigenvalue weighted by Gasteiger charge is 2.05. The summed E-state index contributed by atoms with van der Waals surface area (Å²) in [5.74, 6) is -1.27. The molecule has 0 saturated carbocycles. The van der Waals surface area contributed by atoms with Crippen molar-refractivity contribution in [2.75, 3.05) is 11.9 Å². The largest absolute Gasteiger partial charge is 0.481 e. The molecule has 0 unspecified atom stereocenters. The minimum absolute atomic E-state index is 0.0359. The fourth-order valence-electron chi connectivity index (χ4n) is 1.09. The molecule has 0 aliphatic rings. The van der Waals surface area contributed by atoms with E-state index in [-0.39, 0.29) is 18.8 Å². The first-order chi connectivity index (χ1) is 7.00. The predicted molar refractivity (Wildman–Crippen MR) is 56.9 cm³/mol. The molecule has 0 aromatic heterocycles. The Hall–Kier alpha value is -1.29. The summed E-state index contributed by atoms with van der Waals surface area (Å²) in [6.07, 6.45) is -0.0359. The van der Waals surface area contributed by atoms with Crippen molar-refractivity contribution in [3.63, 3.8) is 0 Å². The highest BCUT2D eigenvalue weighted by Crippen LogP contribution is 2.24. The summed E-state index contributed by atoms with van der Waals surface area (Å²) >= 11 is 5.84. The number of carbonyl (C=O) groups is 1. The van der Waals surface area contributed by atoms with E-state index in [1.807, 2.05) is 0 Å². The van der Waals surface area contributed by atoms with Crippen LogP contribution in [-0.2, 0) is 4.79 Å². The van der Waals surface area contributed by atoms with Crippen LogP contribution in [0.3, 0.4) is 0 Å². The van der Waals surface area contributed by atoms with Crippen LogP contribution in [0.15, 0.2) is 12.1 Å². The van der Waals surface area contributed by atoms with Crippen LogP contribution in [0, 0.1) is 12.7 Å². The van der Waals surface area contributed by atoms with Gasteiger partial charge in [-0.2, -0.15) is 0 Å². The van der Waals surface area contributed by atoms with Gasteiger partial charge in [0.05, 0.1) is 17.1 Å². The number of rotatable bonds is 4. The maximum Gasteiger partial charge on any atom is 0.305 e. The van der Waals surface area contributed by atoms with Crippen molar-refractivity contribution in [1.82, 2.24) is 0 Å². The molecule has 0 radical (unpaired) electrons. The average Bonchev–Trinajstić information content (AvgIpc) is 2.13. The van der Waals surface area contributed by atoms with Gasteiger partial charge in [-0.05, 0) is 24.6 Å². The Labute approximate surface area is 91.9 Å². The summed E-state index contributed by atoms with van der Waals surface area (Å²) in [5, 5.41) is 11.6. The number of carboxylic acid groups (broad SMARTS) is 1. The SMILES string of the molecule is Cc1cc(Cl)c(NCCC(=O)O)cc1F. The lowest BCUT2D eigenvalue weighted by Crippen LogP contribution is -2.08. The van der Waals surface area contributed by atoms with Gasteiger partial charge in [0.2, 0.25) is 0 Å². The molecule has 0 amide bonds. The van der Waals surface area contributed by atoms with Gasteiger partial charge in [0.25, 0.3) is 0 Å². The number of carboxylic acids is 1. The third kappa shape index (κ3) is 3.40. The molecule has 3 nitrogen and oxygen atoms in total. The Kier molecular flexibility index (Phi) is 3.91. The molecule has 1 aromatic carbocycles. The molecule has 0 atom stereocenters. The first-order valence-electron chi connectivity index (χ1n) is 4.42. The van der Waals surface area contributed by atoms with E-state index in [9.17, 15) is 9.18 Å². The minimum Gasteiger partial charge on any atom is -0.481 e. The molecule has 0 heterocycles. The topological polar surface area (TPSA) is 49.3 Å². The molecule has 1 aromatic rings. The third-order valence-electron chi connectivity index (χ3n) is 1.90. The van der Waals surface area contributed by atoms with Gasteiger partial charge in [-0.15, -0.1) is 0 Å². The highest BCUT2D eigenvalue weighted by molar-refractivity contribution is 6.33. The molecule has 1 rings (SSSR count). The fraction of sp³-hybridized carbons (Fsp3) is 0.300. The Morgan fingerprint density at radius 2 is 2.27 bits per heavy atom. The van der Waals surface area contributed by atoms with Crippen LogP contribution in [0.4, 0.5) is 10.1 Å². The van der Waals surface area contributed by atoms with Gasteiger partial charge in [0.1, 0.15) is 5.82 Å². The van der Waals surface area contributed by atoms with Gasteiger partial charge in [-0.25, -0.2) is 4.39 Å². The summed E-state index contributed by atoms with van der Waals surface area (Å²) in [6, 6.07) is 2.76. The molecule has 2 N–H and O–H groups in total. The number of benzene rings is 1. The minimum atomic E-state index is -0.911. The van der Waals surface area contributed by atoms with Gasteiger partial charge < -0.3 is 10.4 Å². The van der Waals surface area contributed by atoms with E-state index < -0.39 is 5.97 Å². The maximum atomic E-state index is 13.1. The Balaban J connectivity index is 2.69. The van der Waals surface area contributed by atoms with E-state index in [1.54, 1.807) is 6.92 Å². The summed E-state index contributed by atoms with van der Waals surface area (Å²) in [7, 11) is 0. The van der Waals surface area contributed by atoms with Crippen LogP contribution < -0.4 is 5.32 Å². The first kappa shape index (κ1) is 11.8. The van der Waals surface area contributed by atoms with Crippen LogP contribution in [0.25, 0.3) is 0 Å². The smallest absolute Gasteiger partial charge is 0.305 e. The van der Waals surface area contributed by atoms with Gasteiger partial charge >= 0.3 is 5.97 Å². The van der Waals surface area contributed by atoms with E-state index in [0.29, 0.717) is 16.3 Å². The van der Waals surface area contributed by atoms with Crippen molar-refractivity contribution in [1.29, 1.82) is 0 Å². The molecular weight excluding hydrogens is 221 g/mol. The maximum absolute atomic E-state index is 13.1. The second kappa shape index (κ2) is 4.98. The normalized spacial score (nSPS) is 10.1. The van der Waals surface area contributed by atoms with Gasteiger partial charge in [0, 0.05) is 6.54 Å². The first-order valence-corrected chi connectivity index (χ1v) is 4.80. The lowest BCUT2D eigenvalue weighted by molar-refractivity contribution is -0.136. The predicted octanol–water partition coefficient (Wildman–Crippen LogP) is 2.67. The molecular formula is C10H11ClFNO2. The molecule has 5 heteroatoms. The zero-order valence-corrected chi connectivity index (χ0v) is 8.94. The molecule has 0 spiro atoms. The Morgan fingerprint density at radius 1 is 1.60 bits per heavy atom. The van der Waals surface area contributed by atoms with Crippen molar-refractivity contribution >= 4 is 23.3 Å². The van der Waals surface area contributed by atoms with Crippen molar-refractivity contribution in [3.8, 4) is 0 Å². The molecule has 15 heavy (non-hydrogen) atoms. The number of hydrogen-bond donors (Lipinski definition) is 2. The molecule has 0 saturated heterocycles. The second-order valence-electron chi connectivity index (χ2n) is 3.15. The standard InChI is InChI=1S/C10H11ClFNO2/c1-6-4-7(11)9(5-8(6)12)13-3-2-10(14)15/h4-5,13H,2-3H2,1H3,(H,14,15). The van der Waals surface area contributed by atoms with Crippen LogP contribution in [0.5, 0.6) is 0 Å². The van der Waals surface area contributed by atoms with Crippen molar-refractivity contribution in [2.45, 2.75) is 13.3 Å². The monoisotopic (exact) mass is 231 g/mol. The Morgan fingerprint density at radius 3 is 2.87 bits per heavy atom. The third-order valence-corrected chi connectivity index (χ3v) is 2.22.